The van der Waals surface area contributed by atoms with Gasteiger partial charge in [0, 0.05) is 15.5 Å². The molecule has 0 aromatic carbocycles. The lowest BCUT2D eigenvalue weighted by Crippen LogP contribution is -2.25. The Kier molecular flexibility index (Phi) is 2.13. The zero-order valence-electron chi connectivity index (χ0n) is 6.03. The Labute approximate surface area is 73.7 Å². The minimum absolute atomic E-state index is 0.0777. The van der Waals surface area contributed by atoms with E-state index in [0.717, 1.165) is 25.7 Å². The lowest BCUT2D eigenvalue weighted by molar-refractivity contribution is 0.110. The zero-order chi connectivity index (χ0) is 7.90. The number of hydrogen-bond donors (Lipinski definition) is 0. The van der Waals surface area contributed by atoms with E-state index in [2.05, 4.69) is 15.5 Å². The summed E-state index contributed by atoms with van der Waals surface area (Å²) in [5.41, 5.74) is 0. The highest BCUT2D eigenvalue weighted by Crippen LogP contribution is 2.64. The summed E-state index contributed by atoms with van der Waals surface area (Å²) in [6, 6.07) is 0. The van der Waals surface area contributed by atoms with Gasteiger partial charge in [-0.05, 0) is 12.8 Å². The van der Waals surface area contributed by atoms with Crippen LogP contribution in [0.15, 0.2) is 0 Å². The second-order valence-corrected chi connectivity index (χ2v) is 6.89. The van der Waals surface area contributed by atoms with Crippen molar-refractivity contribution >= 4 is 21.8 Å². The molecule has 2 rings (SSSR count). The van der Waals surface area contributed by atoms with Crippen LogP contribution in [0, 0.1) is 0 Å². The quantitative estimate of drug-likeness (QED) is 0.611. The minimum Gasteiger partial charge on any atom is -0.294 e. The predicted octanol–water partition coefficient (Wildman–Crippen LogP) is 2.85. The van der Waals surface area contributed by atoms with Crippen molar-refractivity contribution in [3.05, 3.63) is 0 Å². The van der Waals surface area contributed by atoms with Crippen LogP contribution in [-0.4, -0.2) is 12.2 Å². The van der Waals surface area contributed by atoms with Crippen LogP contribution in [0.1, 0.15) is 25.7 Å². The van der Waals surface area contributed by atoms with E-state index >= 15 is 0 Å². The van der Waals surface area contributed by atoms with Gasteiger partial charge in [-0.1, -0.05) is 12.8 Å². The molecule has 5 heteroatoms. The van der Waals surface area contributed by atoms with Crippen LogP contribution in [0.2, 0.25) is 0 Å². The largest absolute Gasteiger partial charge is 0.396 e. The van der Waals surface area contributed by atoms with Crippen molar-refractivity contribution in [1.82, 2.24) is 0 Å². The fourth-order valence-electron chi connectivity index (χ4n) is 1.65. The number of halogens is 1. The normalized spacial score (nSPS) is 50.6. The van der Waals surface area contributed by atoms with Crippen molar-refractivity contribution in [2.45, 2.75) is 37.9 Å². The van der Waals surface area contributed by atoms with Crippen LogP contribution in [0.4, 0.5) is 0 Å². The molecule has 2 aliphatic rings. The third-order valence-electron chi connectivity index (χ3n) is 2.16. The Bertz CT molecular complexity index is 190. The lowest BCUT2D eigenvalue weighted by atomic mass is 9.95. The van der Waals surface area contributed by atoms with Gasteiger partial charge in [0.15, 0.2) is 0 Å². The SMILES string of the molecule is O=P1(Br)OC2CCCCC2O1. The van der Waals surface area contributed by atoms with Crippen molar-refractivity contribution in [2.75, 3.05) is 0 Å². The summed E-state index contributed by atoms with van der Waals surface area (Å²) in [6.07, 6.45) is 1.62. The van der Waals surface area contributed by atoms with Gasteiger partial charge in [-0.15, -0.1) is 0 Å². The molecule has 1 saturated heterocycles. The molecule has 0 N–H and O–H groups in total. The summed E-state index contributed by atoms with van der Waals surface area (Å²) in [4.78, 5) is 0. The predicted molar refractivity (Wildman–Crippen MR) is 44.7 cm³/mol. The molecule has 0 aromatic rings. The topological polar surface area (TPSA) is 35.5 Å². The average Bonchev–Trinajstić information content (AvgIpc) is 2.21. The first-order valence-electron chi connectivity index (χ1n) is 3.84. The maximum atomic E-state index is 11.3. The second kappa shape index (κ2) is 2.84. The second-order valence-electron chi connectivity index (χ2n) is 3.00. The van der Waals surface area contributed by atoms with Crippen molar-refractivity contribution in [3.63, 3.8) is 0 Å². The highest BCUT2D eigenvalue weighted by Gasteiger charge is 2.43. The van der Waals surface area contributed by atoms with Gasteiger partial charge in [-0.25, -0.2) is 4.57 Å². The third-order valence-corrected chi connectivity index (χ3v) is 4.21. The summed E-state index contributed by atoms with van der Waals surface area (Å²) in [5.74, 6) is 0. The van der Waals surface area contributed by atoms with Gasteiger partial charge >= 0.3 is 6.30 Å². The van der Waals surface area contributed by atoms with Gasteiger partial charge in [-0.2, -0.15) is 0 Å². The molecule has 0 amide bonds. The van der Waals surface area contributed by atoms with E-state index in [1.807, 2.05) is 0 Å². The molecule has 0 spiro atoms. The lowest BCUT2D eigenvalue weighted by Gasteiger charge is -2.20. The number of hydrogen-bond acceptors (Lipinski definition) is 3. The van der Waals surface area contributed by atoms with Gasteiger partial charge in [0.1, 0.15) is 0 Å². The molecule has 0 radical (unpaired) electrons. The van der Waals surface area contributed by atoms with Gasteiger partial charge < -0.3 is 0 Å². The van der Waals surface area contributed by atoms with Crippen LogP contribution < -0.4 is 0 Å². The molecule has 0 aromatic heterocycles. The van der Waals surface area contributed by atoms with Crippen molar-refractivity contribution < 1.29 is 13.6 Å². The van der Waals surface area contributed by atoms with E-state index in [0.29, 0.717) is 0 Å². The first kappa shape index (κ1) is 8.24. The first-order chi connectivity index (χ1) is 5.17. The molecule has 1 aliphatic heterocycles. The molecule has 64 valence electrons. The smallest absolute Gasteiger partial charge is 0.294 e. The zero-order valence-corrected chi connectivity index (χ0v) is 8.51. The molecule has 11 heavy (non-hydrogen) atoms. The highest BCUT2D eigenvalue weighted by molar-refractivity contribution is 9.39. The van der Waals surface area contributed by atoms with Gasteiger partial charge in [-0.3, -0.25) is 9.05 Å². The van der Waals surface area contributed by atoms with E-state index < -0.39 is 6.30 Å². The van der Waals surface area contributed by atoms with Crippen LogP contribution in [0.25, 0.3) is 0 Å². The van der Waals surface area contributed by atoms with Gasteiger partial charge in [0.2, 0.25) is 0 Å². The van der Waals surface area contributed by atoms with Crippen molar-refractivity contribution in [2.24, 2.45) is 0 Å². The maximum absolute atomic E-state index is 11.3. The molecular formula is C6H10BrO3P. The molecule has 1 heterocycles. The van der Waals surface area contributed by atoms with Crippen LogP contribution >= 0.6 is 21.8 Å². The van der Waals surface area contributed by atoms with Crippen molar-refractivity contribution in [1.29, 1.82) is 0 Å². The molecule has 1 aliphatic carbocycles. The summed E-state index contributed by atoms with van der Waals surface area (Å²) in [6.45, 7) is 0. The molecule has 3 nitrogen and oxygen atoms in total. The molecule has 2 fully saturated rings. The highest BCUT2D eigenvalue weighted by atomic mass is 79.9. The summed E-state index contributed by atoms with van der Waals surface area (Å²) >= 11 is 2.94. The summed E-state index contributed by atoms with van der Waals surface area (Å²) in [7, 11) is 0. The number of fused-ring (bicyclic) bond motifs is 1. The number of rotatable bonds is 0. The van der Waals surface area contributed by atoms with Crippen LogP contribution in [0.5, 0.6) is 0 Å². The van der Waals surface area contributed by atoms with E-state index in [-0.39, 0.29) is 12.2 Å². The fourth-order valence-corrected chi connectivity index (χ4v) is 4.12. The van der Waals surface area contributed by atoms with E-state index in [4.69, 9.17) is 9.05 Å². The molecule has 1 saturated carbocycles. The van der Waals surface area contributed by atoms with Gasteiger partial charge in [0.25, 0.3) is 0 Å². The van der Waals surface area contributed by atoms with Crippen LogP contribution in [0.3, 0.4) is 0 Å². The van der Waals surface area contributed by atoms with Crippen LogP contribution in [-0.2, 0) is 13.6 Å². The minimum atomic E-state index is -2.84. The average molecular weight is 241 g/mol. The first-order valence-corrected chi connectivity index (χ1v) is 7.40. The van der Waals surface area contributed by atoms with Gasteiger partial charge in [0.05, 0.1) is 12.2 Å². The Balaban J connectivity index is 2.09. The van der Waals surface area contributed by atoms with Crippen molar-refractivity contribution in [3.8, 4) is 0 Å². The molecular weight excluding hydrogens is 231 g/mol. The van der Waals surface area contributed by atoms with E-state index in [1.165, 1.54) is 0 Å². The maximum Gasteiger partial charge on any atom is 0.396 e. The Morgan fingerprint density at radius 2 is 1.64 bits per heavy atom. The Morgan fingerprint density at radius 3 is 2.09 bits per heavy atom. The van der Waals surface area contributed by atoms with E-state index in [1.54, 1.807) is 0 Å². The summed E-state index contributed by atoms with van der Waals surface area (Å²) in [5, 5.41) is 0. The fraction of sp³-hybridized carbons (Fsp3) is 1.00. The monoisotopic (exact) mass is 240 g/mol. The third kappa shape index (κ3) is 1.69. The Morgan fingerprint density at radius 1 is 1.18 bits per heavy atom. The molecule has 0 bridgehead atoms. The van der Waals surface area contributed by atoms with E-state index in [9.17, 15) is 4.57 Å². The standard InChI is InChI=1S/C6H10BrO3P/c7-11(8)9-5-3-1-2-4-6(5)10-11/h5-6H,1-4H2. The molecule has 2 atom stereocenters. The summed E-state index contributed by atoms with van der Waals surface area (Å²) < 4.78 is 21.7. The Hall–Kier alpha value is 0.630. The molecule has 2 unspecified atom stereocenters.